The lowest BCUT2D eigenvalue weighted by Gasteiger charge is -2.10. The second-order valence-electron chi connectivity index (χ2n) is 5.68. The number of carboxylic acids is 1. The maximum Gasteiger partial charge on any atom is 0.335 e. The van der Waals surface area contributed by atoms with E-state index >= 15 is 0 Å². The lowest BCUT2D eigenvalue weighted by atomic mass is 10.2. The fourth-order valence-corrected chi connectivity index (χ4v) is 2.32. The van der Waals surface area contributed by atoms with Crippen molar-refractivity contribution < 1.29 is 9.90 Å². The molecule has 0 atom stereocenters. The molecule has 0 saturated heterocycles. The minimum absolute atomic E-state index is 0.242. The summed E-state index contributed by atoms with van der Waals surface area (Å²) < 4.78 is 0. The van der Waals surface area contributed by atoms with Crippen molar-refractivity contribution in [1.29, 1.82) is 0 Å². The largest absolute Gasteiger partial charge is 0.478 e. The highest BCUT2D eigenvalue weighted by Gasteiger charge is 2.05. The van der Waals surface area contributed by atoms with Gasteiger partial charge in [0.15, 0.2) is 0 Å². The SMILES string of the molecule is Cc1ccc(Nc2cc(Nc3ccc(C(=O)O)cc3)nc(C)n2)cc1. The first-order valence-corrected chi connectivity index (χ1v) is 7.79. The van der Waals surface area contributed by atoms with Crippen LogP contribution in [0.15, 0.2) is 54.6 Å². The Kier molecular flexibility index (Phi) is 4.61. The number of aromatic carboxylic acids is 1. The molecule has 3 rings (SSSR count). The topological polar surface area (TPSA) is 87.1 Å². The quantitative estimate of drug-likeness (QED) is 0.645. The lowest BCUT2D eigenvalue weighted by Crippen LogP contribution is -2.02. The van der Waals surface area contributed by atoms with Crippen LogP contribution in [0.4, 0.5) is 23.0 Å². The smallest absolute Gasteiger partial charge is 0.335 e. The first kappa shape index (κ1) is 16.4. The molecular formula is C19H18N4O2. The maximum absolute atomic E-state index is 10.9. The fourth-order valence-electron chi connectivity index (χ4n) is 2.32. The van der Waals surface area contributed by atoms with E-state index in [0.717, 1.165) is 11.4 Å². The van der Waals surface area contributed by atoms with Crippen molar-refractivity contribution in [2.24, 2.45) is 0 Å². The lowest BCUT2D eigenvalue weighted by molar-refractivity contribution is 0.0697. The summed E-state index contributed by atoms with van der Waals surface area (Å²) >= 11 is 0. The molecule has 1 aromatic heterocycles. The minimum atomic E-state index is -0.950. The van der Waals surface area contributed by atoms with Crippen molar-refractivity contribution in [3.05, 3.63) is 71.5 Å². The summed E-state index contributed by atoms with van der Waals surface area (Å²) in [5.74, 6) is 0.988. The van der Waals surface area contributed by atoms with E-state index in [1.54, 1.807) is 30.3 Å². The molecule has 6 heteroatoms. The Morgan fingerprint density at radius 3 is 1.80 bits per heavy atom. The third kappa shape index (κ3) is 4.32. The van der Waals surface area contributed by atoms with E-state index in [1.165, 1.54) is 5.56 Å². The molecular weight excluding hydrogens is 316 g/mol. The molecule has 0 spiro atoms. The van der Waals surface area contributed by atoms with Gasteiger partial charge in [-0.25, -0.2) is 14.8 Å². The zero-order chi connectivity index (χ0) is 17.8. The van der Waals surface area contributed by atoms with E-state index in [0.29, 0.717) is 17.5 Å². The summed E-state index contributed by atoms with van der Waals surface area (Å²) in [5, 5.41) is 15.4. The van der Waals surface area contributed by atoms with Crippen LogP contribution in [0.5, 0.6) is 0 Å². The molecule has 0 aliphatic rings. The second-order valence-corrected chi connectivity index (χ2v) is 5.68. The van der Waals surface area contributed by atoms with Crippen molar-refractivity contribution in [2.75, 3.05) is 10.6 Å². The number of benzene rings is 2. The summed E-state index contributed by atoms with van der Waals surface area (Å²) in [6, 6.07) is 16.3. The minimum Gasteiger partial charge on any atom is -0.478 e. The number of hydrogen-bond acceptors (Lipinski definition) is 5. The predicted octanol–water partition coefficient (Wildman–Crippen LogP) is 4.28. The molecule has 2 aromatic carbocycles. The maximum atomic E-state index is 10.9. The normalized spacial score (nSPS) is 10.3. The van der Waals surface area contributed by atoms with Gasteiger partial charge in [-0.15, -0.1) is 0 Å². The molecule has 0 saturated carbocycles. The van der Waals surface area contributed by atoms with Crippen LogP contribution >= 0.6 is 0 Å². The van der Waals surface area contributed by atoms with Crippen molar-refractivity contribution in [2.45, 2.75) is 13.8 Å². The van der Waals surface area contributed by atoms with E-state index < -0.39 is 5.97 Å². The number of carbonyl (C=O) groups is 1. The van der Waals surface area contributed by atoms with Gasteiger partial charge in [-0.2, -0.15) is 0 Å². The number of nitrogens with one attached hydrogen (secondary N) is 2. The summed E-state index contributed by atoms with van der Waals surface area (Å²) in [7, 11) is 0. The van der Waals surface area contributed by atoms with Gasteiger partial charge in [0.2, 0.25) is 0 Å². The van der Waals surface area contributed by atoms with Gasteiger partial charge in [0.25, 0.3) is 0 Å². The molecule has 0 radical (unpaired) electrons. The molecule has 0 fully saturated rings. The first-order chi connectivity index (χ1) is 12.0. The van der Waals surface area contributed by atoms with Crippen LogP contribution in [0.3, 0.4) is 0 Å². The van der Waals surface area contributed by atoms with Gasteiger partial charge >= 0.3 is 5.97 Å². The average molecular weight is 334 g/mol. The van der Waals surface area contributed by atoms with Crippen LogP contribution in [0.2, 0.25) is 0 Å². The zero-order valence-corrected chi connectivity index (χ0v) is 13.9. The summed E-state index contributed by atoms with van der Waals surface area (Å²) in [4.78, 5) is 19.7. The van der Waals surface area contributed by atoms with Gasteiger partial charge in [0, 0.05) is 17.4 Å². The number of aromatic nitrogens is 2. The molecule has 3 N–H and O–H groups in total. The van der Waals surface area contributed by atoms with Gasteiger partial charge in [-0.3, -0.25) is 0 Å². The van der Waals surface area contributed by atoms with Gasteiger partial charge in [-0.05, 0) is 50.2 Å². The predicted molar refractivity (Wildman–Crippen MR) is 97.9 cm³/mol. The number of aryl methyl sites for hydroxylation is 2. The van der Waals surface area contributed by atoms with Crippen LogP contribution in [0.1, 0.15) is 21.7 Å². The molecule has 25 heavy (non-hydrogen) atoms. The first-order valence-electron chi connectivity index (χ1n) is 7.79. The zero-order valence-electron chi connectivity index (χ0n) is 13.9. The van der Waals surface area contributed by atoms with Crippen LogP contribution in [-0.2, 0) is 0 Å². The number of anilines is 4. The third-order valence-corrected chi connectivity index (χ3v) is 3.57. The highest BCUT2D eigenvalue weighted by Crippen LogP contribution is 2.21. The van der Waals surface area contributed by atoms with Gasteiger partial charge in [0.1, 0.15) is 17.5 Å². The van der Waals surface area contributed by atoms with Crippen LogP contribution in [-0.4, -0.2) is 21.0 Å². The van der Waals surface area contributed by atoms with E-state index in [2.05, 4.69) is 20.6 Å². The van der Waals surface area contributed by atoms with E-state index in [4.69, 9.17) is 5.11 Å². The Labute approximate surface area is 145 Å². The third-order valence-electron chi connectivity index (χ3n) is 3.57. The molecule has 1 heterocycles. The molecule has 0 amide bonds. The molecule has 0 aliphatic carbocycles. The van der Waals surface area contributed by atoms with Crippen molar-refractivity contribution >= 4 is 29.0 Å². The number of hydrogen-bond donors (Lipinski definition) is 3. The van der Waals surface area contributed by atoms with Crippen LogP contribution < -0.4 is 10.6 Å². The van der Waals surface area contributed by atoms with Gasteiger partial charge < -0.3 is 15.7 Å². The van der Waals surface area contributed by atoms with Gasteiger partial charge in [0.05, 0.1) is 5.56 Å². The second kappa shape index (κ2) is 7.00. The number of carboxylic acid groups (broad SMARTS) is 1. The Morgan fingerprint density at radius 1 is 0.840 bits per heavy atom. The van der Waals surface area contributed by atoms with Gasteiger partial charge in [-0.1, -0.05) is 17.7 Å². The van der Waals surface area contributed by atoms with Crippen molar-refractivity contribution in [1.82, 2.24) is 9.97 Å². The van der Waals surface area contributed by atoms with E-state index in [-0.39, 0.29) is 5.56 Å². The fraction of sp³-hybridized carbons (Fsp3) is 0.105. The molecule has 0 unspecified atom stereocenters. The van der Waals surface area contributed by atoms with Crippen LogP contribution in [0, 0.1) is 13.8 Å². The highest BCUT2D eigenvalue weighted by molar-refractivity contribution is 5.88. The molecule has 6 nitrogen and oxygen atoms in total. The average Bonchev–Trinajstić information content (AvgIpc) is 2.57. The number of rotatable bonds is 5. The highest BCUT2D eigenvalue weighted by atomic mass is 16.4. The van der Waals surface area contributed by atoms with Crippen molar-refractivity contribution in [3.63, 3.8) is 0 Å². The summed E-state index contributed by atoms with van der Waals surface area (Å²) in [5.41, 5.74) is 3.13. The standard InChI is InChI=1S/C19H18N4O2/c1-12-3-7-15(8-4-12)22-17-11-18(21-13(2)20-17)23-16-9-5-14(6-10-16)19(24)25/h3-11H,1-2H3,(H,24,25)(H2,20,21,22,23). The molecule has 3 aromatic rings. The van der Waals surface area contributed by atoms with Crippen LogP contribution in [0.25, 0.3) is 0 Å². The Bertz CT molecular complexity index is 890. The number of nitrogens with zero attached hydrogens (tertiary/aromatic N) is 2. The summed E-state index contributed by atoms with van der Waals surface area (Å²) in [6.07, 6.45) is 0. The molecule has 0 bridgehead atoms. The van der Waals surface area contributed by atoms with Crippen molar-refractivity contribution in [3.8, 4) is 0 Å². The molecule has 126 valence electrons. The Hall–Kier alpha value is -3.41. The Balaban J connectivity index is 1.79. The van der Waals surface area contributed by atoms with E-state index in [1.807, 2.05) is 38.1 Å². The molecule has 0 aliphatic heterocycles. The Morgan fingerprint density at radius 2 is 1.32 bits per heavy atom. The van der Waals surface area contributed by atoms with E-state index in [9.17, 15) is 4.79 Å². The summed E-state index contributed by atoms with van der Waals surface area (Å²) in [6.45, 7) is 3.86. The monoisotopic (exact) mass is 334 g/mol.